The summed E-state index contributed by atoms with van der Waals surface area (Å²) < 4.78 is 4.47. The van der Waals surface area contributed by atoms with Crippen LogP contribution in [0.3, 0.4) is 0 Å². The first-order valence-corrected chi connectivity index (χ1v) is 7.85. The molecule has 0 bridgehead atoms. The van der Waals surface area contributed by atoms with E-state index < -0.39 is 5.97 Å². The molecule has 0 aromatic heterocycles. The highest BCUT2D eigenvalue weighted by atomic mass is 32.1. The fraction of sp³-hybridized carbons (Fsp3) is 0.375. The van der Waals surface area contributed by atoms with Gasteiger partial charge in [0, 0.05) is 24.2 Å². The largest absolute Gasteiger partial charge is 0.469 e. The number of amides is 2. The molecular weight excluding hydrogens is 330 g/mol. The molecule has 0 aliphatic carbocycles. The van der Waals surface area contributed by atoms with E-state index in [1.807, 2.05) is 6.92 Å². The Balaban J connectivity index is 2.64. The normalized spacial score (nSPS) is 9.79. The van der Waals surface area contributed by atoms with E-state index in [-0.39, 0.29) is 29.8 Å². The monoisotopic (exact) mass is 351 g/mol. The molecule has 0 unspecified atom stereocenters. The maximum Gasteiger partial charge on any atom is 0.306 e. The van der Waals surface area contributed by atoms with Crippen molar-refractivity contribution in [1.29, 1.82) is 0 Å². The first kappa shape index (κ1) is 19.6. The highest BCUT2D eigenvalue weighted by Crippen LogP contribution is 2.23. The second-order valence-corrected chi connectivity index (χ2v) is 5.37. The van der Waals surface area contributed by atoms with Crippen LogP contribution in [0, 0.1) is 6.92 Å². The number of methoxy groups -OCH3 is 1. The second kappa shape index (κ2) is 9.61. The van der Waals surface area contributed by atoms with Crippen LogP contribution >= 0.6 is 12.2 Å². The van der Waals surface area contributed by atoms with Crippen molar-refractivity contribution in [3.8, 4) is 0 Å². The van der Waals surface area contributed by atoms with E-state index >= 15 is 0 Å². The highest BCUT2D eigenvalue weighted by molar-refractivity contribution is 7.80. The van der Waals surface area contributed by atoms with E-state index in [4.69, 9.17) is 12.2 Å². The van der Waals surface area contributed by atoms with Gasteiger partial charge in [-0.3, -0.25) is 14.4 Å². The van der Waals surface area contributed by atoms with Crippen molar-refractivity contribution in [3.05, 3.63) is 23.8 Å². The van der Waals surface area contributed by atoms with Crippen molar-refractivity contribution in [1.82, 2.24) is 5.32 Å². The Morgan fingerprint density at radius 3 is 2.29 bits per heavy atom. The van der Waals surface area contributed by atoms with Crippen LogP contribution in [0.1, 0.15) is 31.7 Å². The van der Waals surface area contributed by atoms with Crippen LogP contribution < -0.4 is 16.0 Å². The van der Waals surface area contributed by atoms with E-state index in [2.05, 4.69) is 20.7 Å². The smallest absolute Gasteiger partial charge is 0.306 e. The molecule has 130 valence electrons. The van der Waals surface area contributed by atoms with Gasteiger partial charge in [-0.2, -0.15) is 0 Å². The van der Waals surface area contributed by atoms with E-state index in [1.54, 1.807) is 25.1 Å². The first-order valence-electron chi connectivity index (χ1n) is 7.44. The number of anilines is 2. The van der Waals surface area contributed by atoms with E-state index in [0.717, 1.165) is 5.56 Å². The molecule has 0 atom stereocenters. The van der Waals surface area contributed by atoms with Gasteiger partial charge in [-0.1, -0.05) is 13.0 Å². The van der Waals surface area contributed by atoms with Gasteiger partial charge in [0.05, 0.1) is 13.5 Å². The first-order chi connectivity index (χ1) is 11.4. The van der Waals surface area contributed by atoms with Crippen molar-refractivity contribution in [2.75, 3.05) is 17.7 Å². The Morgan fingerprint density at radius 1 is 1.08 bits per heavy atom. The SMILES string of the molecule is CCC(=O)Nc1cccc(NC(=S)NC(=O)CCC(=O)OC)c1C. The van der Waals surface area contributed by atoms with Gasteiger partial charge in [-0.25, -0.2) is 0 Å². The topological polar surface area (TPSA) is 96.5 Å². The number of rotatable bonds is 6. The van der Waals surface area contributed by atoms with Crippen LogP contribution in [0.15, 0.2) is 18.2 Å². The zero-order valence-corrected chi connectivity index (χ0v) is 14.7. The molecule has 0 spiro atoms. The molecule has 2 amide bonds. The number of esters is 1. The van der Waals surface area contributed by atoms with Crippen LogP contribution in [0.25, 0.3) is 0 Å². The van der Waals surface area contributed by atoms with Crippen LogP contribution in [0.4, 0.5) is 11.4 Å². The summed E-state index contributed by atoms with van der Waals surface area (Å²) in [4.78, 5) is 34.2. The third kappa shape index (κ3) is 6.33. The molecule has 7 nitrogen and oxygen atoms in total. The summed E-state index contributed by atoms with van der Waals surface area (Å²) in [5.41, 5.74) is 2.14. The van der Waals surface area contributed by atoms with Crippen molar-refractivity contribution in [2.45, 2.75) is 33.1 Å². The molecule has 0 saturated carbocycles. The molecule has 1 rings (SSSR count). The molecule has 0 radical (unpaired) electrons. The Bertz CT molecular complexity index is 646. The lowest BCUT2D eigenvalue weighted by molar-refractivity contribution is -0.142. The number of benzene rings is 1. The summed E-state index contributed by atoms with van der Waals surface area (Å²) in [5, 5.41) is 8.31. The predicted molar refractivity (Wildman–Crippen MR) is 95.7 cm³/mol. The summed E-state index contributed by atoms with van der Waals surface area (Å²) in [6, 6.07) is 5.33. The molecular formula is C16H21N3O4S. The summed E-state index contributed by atoms with van der Waals surface area (Å²) in [5.74, 6) is -0.931. The third-order valence-electron chi connectivity index (χ3n) is 3.21. The van der Waals surface area contributed by atoms with Gasteiger partial charge >= 0.3 is 5.97 Å². The van der Waals surface area contributed by atoms with Crippen molar-refractivity contribution < 1.29 is 19.1 Å². The molecule has 1 aromatic rings. The fourth-order valence-electron chi connectivity index (χ4n) is 1.81. The van der Waals surface area contributed by atoms with Crippen molar-refractivity contribution >= 4 is 46.5 Å². The Kier molecular flexibility index (Phi) is 7.84. The standard InChI is InChI=1S/C16H21N3O4S/c1-4-13(20)17-11-6-5-7-12(10(11)2)18-16(24)19-14(21)8-9-15(22)23-3/h5-7H,4,8-9H2,1-3H3,(H,17,20)(H2,18,19,21,24). The van der Waals surface area contributed by atoms with Gasteiger partial charge < -0.3 is 20.7 Å². The lowest BCUT2D eigenvalue weighted by atomic mass is 10.1. The van der Waals surface area contributed by atoms with Crippen LogP contribution in [0.5, 0.6) is 0 Å². The lowest BCUT2D eigenvalue weighted by Crippen LogP contribution is -2.34. The van der Waals surface area contributed by atoms with Gasteiger partial charge in [-0.15, -0.1) is 0 Å². The molecule has 3 N–H and O–H groups in total. The second-order valence-electron chi connectivity index (χ2n) is 4.96. The van der Waals surface area contributed by atoms with Crippen molar-refractivity contribution in [3.63, 3.8) is 0 Å². The van der Waals surface area contributed by atoms with Gasteiger partial charge in [0.15, 0.2) is 5.11 Å². The van der Waals surface area contributed by atoms with Crippen LogP contribution in [-0.4, -0.2) is 30.0 Å². The van der Waals surface area contributed by atoms with E-state index in [0.29, 0.717) is 17.8 Å². The minimum absolute atomic E-state index is 0.0114. The van der Waals surface area contributed by atoms with E-state index in [9.17, 15) is 14.4 Å². The van der Waals surface area contributed by atoms with Gasteiger partial charge in [-0.05, 0) is 36.8 Å². The number of hydrogen-bond acceptors (Lipinski definition) is 5. The summed E-state index contributed by atoms with van der Waals surface area (Å²) in [7, 11) is 1.26. The molecule has 0 fully saturated rings. The highest BCUT2D eigenvalue weighted by Gasteiger charge is 2.11. The molecule has 24 heavy (non-hydrogen) atoms. The van der Waals surface area contributed by atoms with Gasteiger partial charge in [0.1, 0.15) is 0 Å². The maximum atomic E-state index is 11.7. The minimum atomic E-state index is -0.459. The summed E-state index contributed by atoms with van der Waals surface area (Å²) in [6.07, 6.45) is 0.355. The Labute approximate surface area is 146 Å². The molecule has 1 aromatic carbocycles. The average molecular weight is 351 g/mol. The zero-order chi connectivity index (χ0) is 18.1. The number of carbonyl (C=O) groups is 3. The van der Waals surface area contributed by atoms with Gasteiger partial charge in [0.2, 0.25) is 11.8 Å². The summed E-state index contributed by atoms with van der Waals surface area (Å²) >= 11 is 5.09. The maximum absolute atomic E-state index is 11.7. The zero-order valence-electron chi connectivity index (χ0n) is 13.9. The number of ether oxygens (including phenoxy) is 1. The van der Waals surface area contributed by atoms with Gasteiger partial charge in [0.25, 0.3) is 0 Å². The number of thiocarbonyl (C=S) groups is 1. The predicted octanol–water partition coefficient (Wildman–Crippen LogP) is 2.11. The number of hydrogen-bond donors (Lipinski definition) is 3. The molecule has 0 aliphatic heterocycles. The average Bonchev–Trinajstić information content (AvgIpc) is 2.55. The quantitative estimate of drug-likeness (QED) is 0.536. The van der Waals surface area contributed by atoms with Crippen molar-refractivity contribution in [2.24, 2.45) is 0 Å². The number of carbonyl (C=O) groups excluding carboxylic acids is 3. The molecule has 0 heterocycles. The molecule has 0 saturated heterocycles. The van der Waals surface area contributed by atoms with Crippen LogP contribution in [-0.2, 0) is 19.1 Å². The Hall–Kier alpha value is -2.48. The number of nitrogens with one attached hydrogen (secondary N) is 3. The lowest BCUT2D eigenvalue weighted by Gasteiger charge is -2.15. The third-order valence-corrected chi connectivity index (χ3v) is 3.42. The molecule has 8 heteroatoms. The molecule has 0 aliphatic rings. The van der Waals surface area contributed by atoms with E-state index in [1.165, 1.54) is 7.11 Å². The fourth-order valence-corrected chi connectivity index (χ4v) is 2.03. The van der Waals surface area contributed by atoms with Crippen LogP contribution in [0.2, 0.25) is 0 Å². The Morgan fingerprint density at radius 2 is 1.71 bits per heavy atom. The minimum Gasteiger partial charge on any atom is -0.469 e. The summed E-state index contributed by atoms with van der Waals surface area (Å²) in [6.45, 7) is 3.60.